The highest BCUT2D eigenvalue weighted by atomic mass is 17.4. The maximum atomic E-state index is 5.26. The van der Waals surface area contributed by atoms with Crippen molar-refractivity contribution < 1.29 is 9.78 Å². The number of hydrogen-bond acceptors (Lipinski definition) is 2. The summed E-state index contributed by atoms with van der Waals surface area (Å²) in [5, 5.41) is 0. The molecular formula is C27H40O2. The number of fused-ring (bicyclic) bond motifs is 5. The Morgan fingerprint density at radius 3 is 2.52 bits per heavy atom. The highest BCUT2D eigenvalue weighted by Crippen LogP contribution is 2.65. The Bertz CT molecular complexity index is 742. The van der Waals surface area contributed by atoms with Crippen molar-refractivity contribution in [2.24, 2.45) is 46.3 Å². The first-order valence-corrected chi connectivity index (χ1v) is 12.3. The molecule has 2 saturated carbocycles. The van der Waals surface area contributed by atoms with Crippen molar-refractivity contribution in [3.05, 3.63) is 36.0 Å². The first kappa shape index (κ1) is 20.1. The summed E-state index contributed by atoms with van der Waals surface area (Å²) in [5.74, 6) is 4.33. The van der Waals surface area contributed by atoms with Gasteiger partial charge in [0.25, 0.3) is 5.79 Å². The smallest absolute Gasteiger partial charge is 0.185 e. The van der Waals surface area contributed by atoms with Crippen LogP contribution in [0.2, 0.25) is 0 Å². The fraction of sp³-hybridized carbons (Fsp3) is 0.778. The average Bonchev–Trinajstić information content (AvgIpc) is 3.33. The van der Waals surface area contributed by atoms with Gasteiger partial charge in [0.2, 0.25) is 0 Å². The Kier molecular flexibility index (Phi) is 4.72. The summed E-state index contributed by atoms with van der Waals surface area (Å²) in [7, 11) is 0. The molecule has 5 aliphatic rings. The summed E-state index contributed by atoms with van der Waals surface area (Å²) >= 11 is 0. The first-order valence-electron chi connectivity index (χ1n) is 12.3. The van der Waals surface area contributed by atoms with Gasteiger partial charge < -0.3 is 0 Å². The molecule has 0 bridgehead atoms. The van der Waals surface area contributed by atoms with E-state index in [0.29, 0.717) is 11.3 Å². The predicted molar refractivity (Wildman–Crippen MR) is 118 cm³/mol. The Morgan fingerprint density at radius 1 is 1.00 bits per heavy atom. The maximum absolute atomic E-state index is 5.26. The fourth-order valence-corrected chi connectivity index (χ4v) is 7.84. The molecule has 29 heavy (non-hydrogen) atoms. The van der Waals surface area contributed by atoms with Crippen LogP contribution in [0.1, 0.15) is 79.6 Å². The molecule has 2 heteroatoms. The van der Waals surface area contributed by atoms with Gasteiger partial charge in [0.1, 0.15) is 0 Å². The summed E-state index contributed by atoms with van der Waals surface area (Å²) in [4.78, 5) is 10.5. The molecule has 3 fully saturated rings. The lowest BCUT2D eigenvalue weighted by Crippen LogP contribution is -2.47. The highest BCUT2D eigenvalue weighted by molar-refractivity contribution is 5.39. The number of allylic oxidation sites excluding steroid dienone is 4. The lowest BCUT2D eigenvalue weighted by Gasteiger charge is -2.54. The number of hydrogen-bond donors (Lipinski definition) is 0. The molecule has 0 unspecified atom stereocenters. The van der Waals surface area contributed by atoms with Crippen LogP contribution >= 0.6 is 0 Å². The van der Waals surface area contributed by atoms with E-state index >= 15 is 0 Å². The van der Waals surface area contributed by atoms with Gasteiger partial charge in [0.15, 0.2) is 0 Å². The van der Waals surface area contributed by atoms with E-state index in [1.54, 1.807) is 0 Å². The van der Waals surface area contributed by atoms with E-state index in [-0.39, 0.29) is 5.41 Å². The van der Waals surface area contributed by atoms with Gasteiger partial charge in [-0.25, -0.2) is 0 Å². The summed E-state index contributed by atoms with van der Waals surface area (Å²) in [6.07, 6.45) is 21.7. The quantitative estimate of drug-likeness (QED) is 0.278. The largest absolute Gasteiger partial charge is 0.271 e. The zero-order valence-corrected chi connectivity index (χ0v) is 19.1. The van der Waals surface area contributed by atoms with Gasteiger partial charge in [-0.3, -0.25) is 0 Å². The second-order valence-electron chi connectivity index (χ2n) is 11.7. The zero-order valence-electron chi connectivity index (χ0n) is 19.1. The predicted octanol–water partition coefficient (Wildman–Crippen LogP) is 7.24. The average molecular weight is 397 g/mol. The number of rotatable bonds is 5. The molecule has 4 aliphatic carbocycles. The van der Waals surface area contributed by atoms with Gasteiger partial charge in [-0.15, -0.1) is 0 Å². The molecule has 7 atom stereocenters. The van der Waals surface area contributed by atoms with E-state index in [9.17, 15) is 0 Å². The Balaban J connectivity index is 1.37. The van der Waals surface area contributed by atoms with Gasteiger partial charge in [-0.05, 0) is 78.8 Å². The Labute approximate surface area is 177 Å². The molecule has 0 aromatic heterocycles. The van der Waals surface area contributed by atoms with Crippen molar-refractivity contribution in [3.8, 4) is 0 Å². The Morgan fingerprint density at radius 2 is 1.79 bits per heavy atom. The SMILES string of the molecule is CC(C)CCC[C@@H](C)[C@H]1CC[C@H]2[C@@H]3CCC4=CC5(C=C[C@]4(C)[C@H]3C=C[C@]12C)OO5. The third-order valence-electron chi connectivity index (χ3n) is 9.60. The normalized spacial score (nSPS) is 45.0. The van der Waals surface area contributed by atoms with E-state index in [1.165, 1.54) is 50.5 Å². The molecular weight excluding hydrogens is 356 g/mol. The molecule has 1 spiro atoms. The van der Waals surface area contributed by atoms with Crippen molar-refractivity contribution in [1.82, 2.24) is 0 Å². The molecule has 0 aromatic carbocycles. The molecule has 1 aliphatic heterocycles. The third kappa shape index (κ3) is 3.12. The molecule has 1 heterocycles. The van der Waals surface area contributed by atoms with E-state index < -0.39 is 5.79 Å². The van der Waals surface area contributed by atoms with E-state index in [2.05, 4.69) is 65.0 Å². The van der Waals surface area contributed by atoms with Gasteiger partial charge in [0, 0.05) is 5.41 Å². The van der Waals surface area contributed by atoms with Crippen molar-refractivity contribution in [1.29, 1.82) is 0 Å². The fourth-order valence-electron chi connectivity index (χ4n) is 7.84. The minimum absolute atomic E-state index is 0.141. The van der Waals surface area contributed by atoms with Crippen molar-refractivity contribution in [2.45, 2.75) is 85.4 Å². The summed E-state index contributed by atoms with van der Waals surface area (Å²) in [5.41, 5.74) is 2.07. The molecule has 2 nitrogen and oxygen atoms in total. The topological polar surface area (TPSA) is 25.1 Å². The molecule has 1 saturated heterocycles. The molecule has 0 amide bonds. The first-order chi connectivity index (χ1) is 13.8. The van der Waals surface area contributed by atoms with E-state index in [1.807, 2.05) is 0 Å². The van der Waals surface area contributed by atoms with Crippen LogP contribution in [0.15, 0.2) is 36.0 Å². The van der Waals surface area contributed by atoms with Crippen molar-refractivity contribution >= 4 is 0 Å². The minimum Gasteiger partial charge on any atom is -0.185 e. The minimum atomic E-state index is -0.515. The zero-order chi connectivity index (χ0) is 20.4. The standard InChI is InChI=1S/C27H40O2/c1-18(2)7-6-8-19(3)22-11-12-23-21-10-9-20-17-27(28-29-27)16-15-25(20,4)24(21)13-14-26(22,23)5/h13-19,21-24H,6-12H2,1-5H3/t19-,21+,22-,23+,24+,25+,26-/m1/s1. The molecule has 0 aromatic rings. The van der Waals surface area contributed by atoms with Crippen LogP contribution in [-0.4, -0.2) is 5.79 Å². The van der Waals surface area contributed by atoms with Gasteiger partial charge in [-0.2, -0.15) is 9.78 Å². The molecule has 5 rings (SSSR count). The third-order valence-corrected chi connectivity index (χ3v) is 9.60. The Hall–Kier alpha value is -0.860. The summed E-state index contributed by atoms with van der Waals surface area (Å²) in [6, 6.07) is 0. The monoisotopic (exact) mass is 396 g/mol. The van der Waals surface area contributed by atoms with Crippen LogP contribution < -0.4 is 0 Å². The molecule has 0 radical (unpaired) electrons. The molecule has 0 N–H and O–H groups in total. The van der Waals surface area contributed by atoms with E-state index in [4.69, 9.17) is 9.78 Å². The van der Waals surface area contributed by atoms with Gasteiger partial charge in [0.05, 0.1) is 0 Å². The van der Waals surface area contributed by atoms with Crippen LogP contribution in [0.5, 0.6) is 0 Å². The summed E-state index contributed by atoms with van der Waals surface area (Å²) in [6.45, 7) is 12.3. The van der Waals surface area contributed by atoms with Crippen LogP contribution in [0.3, 0.4) is 0 Å². The lowest BCUT2D eigenvalue weighted by atomic mass is 9.50. The summed E-state index contributed by atoms with van der Waals surface area (Å²) < 4.78 is 0. The van der Waals surface area contributed by atoms with Gasteiger partial charge in [-0.1, -0.05) is 77.7 Å². The van der Waals surface area contributed by atoms with Crippen LogP contribution in [0, 0.1) is 46.3 Å². The highest BCUT2D eigenvalue weighted by Gasteiger charge is 2.59. The van der Waals surface area contributed by atoms with Crippen molar-refractivity contribution in [2.75, 3.05) is 0 Å². The second-order valence-corrected chi connectivity index (χ2v) is 11.7. The van der Waals surface area contributed by atoms with Crippen LogP contribution in [-0.2, 0) is 9.78 Å². The lowest BCUT2D eigenvalue weighted by molar-refractivity contribution is 0.0456. The van der Waals surface area contributed by atoms with Crippen LogP contribution in [0.25, 0.3) is 0 Å². The second kappa shape index (κ2) is 6.82. The van der Waals surface area contributed by atoms with E-state index in [0.717, 1.165) is 29.6 Å². The van der Waals surface area contributed by atoms with Crippen molar-refractivity contribution in [3.63, 3.8) is 0 Å². The molecule has 160 valence electrons. The van der Waals surface area contributed by atoms with Crippen LogP contribution in [0.4, 0.5) is 0 Å². The van der Waals surface area contributed by atoms with Gasteiger partial charge >= 0.3 is 0 Å². The maximum Gasteiger partial charge on any atom is 0.271 e.